The van der Waals surface area contributed by atoms with Crippen molar-refractivity contribution in [2.45, 2.75) is 63.4 Å². The topological polar surface area (TPSA) is 33.3 Å². The molecular weight excluding hydrogens is 176 g/mol. The van der Waals surface area contributed by atoms with E-state index in [1.165, 1.54) is 12.8 Å². The van der Waals surface area contributed by atoms with E-state index in [1.807, 2.05) is 7.11 Å². The Morgan fingerprint density at radius 1 is 1.00 bits per heavy atom. The standard InChI is InChI=1S/C11H22N2O/c1-7-8(2)13-11-6-9(14-3)4-5-10(11)12-7/h7-13H,4-6H2,1-3H3. The van der Waals surface area contributed by atoms with Gasteiger partial charge in [-0.15, -0.1) is 0 Å². The van der Waals surface area contributed by atoms with Crippen LogP contribution in [0.2, 0.25) is 0 Å². The van der Waals surface area contributed by atoms with Crippen LogP contribution in [0.25, 0.3) is 0 Å². The van der Waals surface area contributed by atoms with Crippen LogP contribution in [0.1, 0.15) is 33.1 Å². The molecule has 3 nitrogen and oxygen atoms in total. The molecule has 0 aromatic carbocycles. The summed E-state index contributed by atoms with van der Waals surface area (Å²) in [4.78, 5) is 0. The molecule has 1 saturated carbocycles. The molecule has 2 aliphatic rings. The van der Waals surface area contributed by atoms with E-state index in [9.17, 15) is 0 Å². The van der Waals surface area contributed by atoms with Gasteiger partial charge in [-0.1, -0.05) is 0 Å². The summed E-state index contributed by atoms with van der Waals surface area (Å²) in [7, 11) is 1.83. The predicted octanol–water partition coefficient (Wildman–Crippen LogP) is 0.892. The highest BCUT2D eigenvalue weighted by atomic mass is 16.5. The maximum absolute atomic E-state index is 5.43. The molecule has 0 bridgehead atoms. The summed E-state index contributed by atoms with van der Waals surface area (Å²) in [5.41, 5.74) is 0. The molecule has 2 N–H and O–H groups in total. The normalized spacial score (nSPS) is 48.6. The number of rotatable bonds is 1. The number of fused-ring (bicyclic) bond motifs is 1. The van der Waals surface area contributed by atoms with Crippen LogP contribution < -0.4 is 10.6 Å². The Balaban J connectivity index is 1.95. The van der Waals surface area contributed by atoms with Crippen LogP contribution in [0.5, 0.6) is 0 Å². The van der Waals surface area contributed by atoms with Crippen LogP contribution in [-0.2, 0) is 4.74 Å². The van der Waals surface area contributed by atoms with E-state index >= 15 is 0 Å². The number of hydrogen-bond donors (Lipinski definition) is 2. The molecule has 5 atom stereocenters. The molecule has 2 fully saturated rings. The minimum atomic E-state index is 0.464. The molecule has 0 spiro atoms. The molecule has 0 aromatic rings. The Labute approximate surface area is 86.6 Å². The van der Waals surface area contributed by atoms with Crippen LogP contribution in [0, 0.1) is 0 Å². The molecule has 2 rings (SSSR count). The van der Waals surface area contributed by atoms with Crippen molar-refractivity contribution >= 4 is 0 Å². The summed E-state index contributed by atoms with van der Waals surface area (Å²) in [5.74, 6) is 0. The quantitative estimate of drug-likeness (QED) is 0.656. The van der Waals surface area contributed by atoms with Gasteiger partial charge in [0.15, 0.2) is 0 Å². The first-order valence-corrected chi connectivity index (χ1v) is 5.75. The molecule has 1 aliphatic heterocycles. The van der Waals surface area contributed by atoms with Gasteiger partial charge in [0.2, 0.25) is 0 Å². The van der Waals surface area contributed by atoms with Crippen molar-refractivity contribution in [2.75, 3.05) is 7.11 Å². The van der Waals surface area contributed by atoms with Gasteiger partial charge in [0.1, 0.15) is 0 Å². The van der Waals surface area contributed by atoms with Crippen molar-refractivity contribution in [3.63, 3.8) is 0 Å². The summed E-state index contributed by atoms with van der Waals surface area (Å²) in [6, 6.07) is 2.44. The summed E-state index contributed by atoms with van der Waals surface area (Å²) in [6.45, 7) is 4.51. The number of ether oxygens (including phenoxy) is 1. The van der Waals surface area contributed by atoms with Gasteiger partial charge in [-0.25, -0.2) is 0 Å². The fourth-order valence-electron chi connectivity index (χ4n) is 2.69. The Kier molecular flexibility index (Phi) is 3.10. The van der Waals surface area contributed by atoms with Crippen LogP contribution in [0.15, 0.2) is 0 Å². The van der Waals surface area contributed by atoms with Crippen LogP contribution in [-0.4, -0.2) is 37.4 Å². The molecule has 14 heavy (non-hydrogen) atoms. The number of hydrogen-bond acceptors (Lipinski definition) is 3. The first-order chi connectivity index (χ1) is 6.70. The van der Waals surface area contributed by atoms with Crippen molar-refractivity contribution in [2.24, 2.45) is 0 Å². The van der Waals surface area contributed by atoms with Gasteiger partial charge < -0.3 is 15.4 Å². The molecule has 0 aromatic heterocycles. The Morgan fingerprint density at radius 3 is 2.29 bits per heavy atom. The van der Waals surface area contributed by atoms with E-state index in [4.69, 9.17) is 4.74 Å². The molecule has 1 saturated heterocycles. The zero-order chi connectivity index (χ0) is 10.1. The van der Waals surface area contributed by atoms with E-state index in [0.717, 1.165) is 6.42 Å². The summed E-state index contributed by atoms with van der Waals surface area (Å²) >= 11 is 0. The molecule has 82 valence electrons. The second-order valence-corrected chi connectivity index (χ2v) is 4.79. The molecule has 5 unspecified atom stereocenters. The highest BCUT2D eigenvalue weighted by Crippen LogP contribution is 2.24. The fourth-order valence-corrected chi connectivity index (χ4v) is 2.69. The molecule has 0 amide bonds. The minimum Gasteiger partial charge on any atom is -0.381 e. The van der Waals surface area contributed by atoms with Crippen molar-refractivity contribution in [3.8, 4) is 0 Å². The smallest absolute Gasteiger partial charge is 0.0587 e. The number of nitrogens with one attached hydrogen (secondary N) is 2. The van der Waals surface area contributed by atoms with Gasteiger partial charge in [-0.05, 0) is 33.1 Å². The lowest BCUT2D eigenvalue weighted by Crippen LogP contribution is -2.66. The Bertz CT molecular complexity index is 194. The van der Waals surface area contributed by atoms with Crippen molar-refractivity contribution < 1.29 is 4.74 Å². The molecule has 0 radical (unpaired) electrons. The Morgan fingerprint density at radius 2 is 1.64 bits per heavy atom. The predicted molar refractivity (Wildman–Crippen MR) is 57.4 cm³/mol. The highest BCUT2D eigenvalue weighted by molar-refractivity contribution is 4.98. The maximum Gasteiger partial charge on any atom is 0.0587 e. The van der Waals surface area contributed by atoms with E-state index < -0.39 is 0 Å². The second kappa shape index (κ2) is 4.17. The van der Waals surface area contributed by atoms with E-state index in [-0.39, 0.29) is 0 Å². The van der Waals surface area contributed by atoms with Crippen molar-refractivity contribution in [3.05, 3.63) is 0 Å². The third kappa shape index (κ3) is 1.95. The van der Waals surface area contributed by atoms with E-state index in [1.54, 1.807) is 0 Å². The van der Waals surface area contributed by atoms with Crippen molar-refractivity contribution in [1.29, 1.82) is 0 Å². The van der Waals surface area contributed by atoms with Gasteiger partial charge in [-0.3, -0.25) is 0 Å². The van der Waals surface area contributed by atoms with E-state index in [0.29, 0.717) is 30.3 Å². The lowest BCUT2D eigenvalue weighted by atomic mass is 9.84. The maximum atomic E-state index is 5.43. The SMILES string of the molecule is COC1CCC2NC(C)C(C)NC2C1. The van der Waals surface area contributed by atoms with Gasteiger partial charge in [-0.2, -0.15) is 0 Å². The molecular formula is C11H22N2O. The van der Waals surface area contributed by atoms with Gasteiger partial charge >= 0.3 is 0 Å². The average molecular weight is 198 g/mol. The lowest BCUT2D eigenvalue weighted by molar-refractivity contribution is 0.0335. The monoisotopic (exact) mass is 198 g/mol. The van der Waals surface area contributed by atoms with E-state index in [2.05, 4.69) is 24.5 Å². The molecule has 1 aliphatic carbocycles. The third-order valence-corrected chi connectivity index (χ3v) is 3.84. The summed E-state index contributed by atoms with van der Waals surface area (Å²) in [5, 5.41) is 7.38. The van der Waals surface area contributed by atoms with Crippen LogP contribution >= 0.6 is 0 Å². The fraction of sp³-hybridized carbons (Fsp3) is 1.00. The number of methoxy groups -OCH3 is 1. The zero-order valence-corrected chi connectivity index (χ0v) is 9.42. The van der Waals surface area contributed by atoms with Crippen molar-refractivity contribution in [1.82, 2.24) is 10.6 Å². The third-order valence-electron chi connectivity index (χ3n) is 3.84. The van der Waals surface area contributed by atoms with Crippen LogP contribution in [0.3, 0.4) is 0 Å². The first kappa shape index (κ1) is 10.4. The summed E-state index contributed by atoms with van der Waals surface area (Å²) < 4.78 is 5.43. The zero-order valence-electron chi connectivity index (χ0n) is 9.42. The molecule has 1 heterocycles. The lowest BCUT2D eigenvalue weighted by Gasteiger charge is -2.45. The summed E-state index contributed by atoms with van der Waals surface area (Å²) in [6.07, 6.45) is 4.07. The second-order valence-electron chi connectivity index (χ2n) is 4.79. The number of piperazine rings is 1. The highest BCUT2D eigenvalue weighted by Gasteiger charge is 2.36. The van der Waals surface area contributed by atoms with Gasteiger partial charge in [0.05, 0.1) is 6.10 Å². The average Bonchev–Trinajstić information content (AvgIpc) is 2.19. The Hall–Kier alpha value is -0.120. The van der Waals surface area contributed by atoms with Gasteiger partial charge in [0.25, 0.3) is 0 Å². The molecule has 3 heteroatoms. The minimum absolute atomic E-state index is 0.464. The largest absolute Gasteiger partial charge is 0.381 e. The first-order valence-electron chi connectivity index (χ1n) is 5.75. The van der Waals surface area contributed by atoms with Gasteiger partial charge in [0, 0.05) is 31.3 Å². The van der Waals surface area contributed by atoms with Crippen LogP contribution in [0.4, 0.5) is 0 Å².